The van der Waals surface area contributed by atoms with Crippen LogP contribution in [0.4, 0.5) is 0 Å². The molecular weight excluding hydrogens is 275 g/mol. The minimum Gasteiger partial charge on any atom is -0.425 e. The molecule has 7 nitrogen and oxygen atoms in total. The van der Waals surface area contributed by atoms with Crippen molar-refractivity contribution in [3.8, 4) is 0 Å². The van der Waals surface area contributed by atoms with Crippen molar-refractivity contribution in [2.45, 2.75) is 40.4 Å². The zero-order valence-corrected chi connectivity index (χ0v) is 12.6. The van der Waals surface area contributed by atoms with E-state index in [0.717, 1.165) is 0 Å². The van der Waals surface area contributed by atoms with E-state index in [1.54, 1.807) is 13.8 Å². The minimum atomic E-state index is -3.24. The number of hydrogen-bond donors (Lipinski definition) is 0. The Bertz CT molecular complexity index is 316. The average Bonchev–Trinajstić information content (AvgIpc) is 2.25. The molecule has 0 aromatic rings. The van der Waals surface area contributed by atoms with Gasteiger partial charge in [-0.15, -0.1) is 0 Å². The lowest BCUT2D eigenvalue weighted by Gasteiger charge is -2.20. The third kappa shape index (κ3) is 8.75. The van der Waals surface area contributed by atoms with Crippen molar-refractivity contribution in [3.05, 3.63) is 0 Å². The summed E-state index contributed by atoms with van der Waals surface area (Å²) in [6, 6.07) is 0. The van der Waals surface area contributed by atoms with Crippen molar-refractivity contribution in [1.82, 2.24) is 0 Å². The van der Waals surface area contributed by atoms with Crippen molar-refractivity contribution in [2.24, 2.45) is 0 Å². The number of hydrogen-bond acceptors (Lipinski definition) is 7. The third-order valence-corrected chi connectivity index (χ3v) is 3.99. The Kier molecular flexibility index (Phi) is 8.63. The molecule has 0 spiro atoms. The molecule has 0 unspecified atom stereocenters. The fourth-order valence-corrected chi connectivity index (χ4v) is 2.98. The number of carbonyl (C=O) groups excluding carboxylic acids is 2. The highest BCUT2D eigenvalue weighted by molar-refractivity contribution is 7.53. The highest BCUT2D eigenvalue weighted by Crippen LogP contribution is 2.48. The maximum absolute atomic E-state index is 12.2. The molecule has 0 aromatic heterocycles. The van der Waals surface area contributed by atoms with Gasteiger partial charge in [-0.1, -0.05) is 0 Å². The van der Waals surface area contributed by atoms with Gasteiger partial charge >= 0.3 is 19.5 Å². The fraction of sp³-hybridized carbons (Fsp3) is 0.818. The second-order valence-electron chi connectivity index (χ2n) is 3.61. The average molecular weight is 296 g/mol. The lowest BCUT2D eigenvalue weighted by molar-refractivity contribution is -0.185. The molecule has 0 aliphatic carbocycles. The molecule has 0 atom stereocenters. The van der Waals surface area contributed by atoms with Crippen molar-refractivity contribution in [2.75, 3.05) is 19.4 Å². The van der Waals surface area contributed by atoms with E-state index in [1.807, 2.05) is 0 Å². The molecule has 0 aliphatic heterocycles. The predicted molar refractivity (Wildman–Crippen MR) is 67.7 cm³/mol. The molecule has 0 bridgehead atoms. The molecule has 0 radical (unpaired) electrons. The van der Waals surface area contributed by atoms with Gasteiger partial charge < -0.3 is 18.5 Å². The van der Waals surface area contributed by atoms with E-state index in [9.17, 15) is 14.2 Å². The van der Waals surface area contributed by atoms with Crippen LogP contribution in [0.25, 0.3) is 0 Å². The molecule has 19 heavy (non-hydrogen) atoms. The number of rotatable bonds is 9. The molecule has 0 rings (SSSR count). The van der Waals surface area contributed by atoms with Gasteiger partial charge in [-0.05, 0) is 13.8 Å². The topological polar surface area (TPSA) is 88.1 Å². The van der Waals surface area contributed by atoms with Crippen LogP contribution in [0.1, 0.15) is 34.1 Å². The molecule has 0 fully saturated rings. The standard InChI is InChI=1S/C11H21O7P/c1-5-15-19(14,16-6-2)8-7-11(17-9(3)12)18-10(4)13/h11H,5-8H2,1-4H3. The Morgan fingerprint density at radius 1 is 1.00 bits per heavy atom. The molecule has 0 aromatic carbocycles. The first-order valence-corrected chi connectivity index (χ1v) is 7.78. The zero-order valence-electron chi connectivity index (χ0n) is 11.7. The molecule has 8 heteroatoms. The van der Waals surface area contributed by atoms with Crippen LogP contribution in [0, 0.1) is 0 Å². The summed E-state index contributed by atoms with van der Waals surface area (Å²) in [5, 5.41) is 0. The van der Waals surface area contributed by atoms with Gasteiger partial charge in [-0.3, -0.25) is 14.2 Å². The van der Waals surface area contributed by atoms with Crippen LogP contribution in [0.3, 0.4) is 0 Å². The van der Waals surface area contributed by atoms with Gasteiger partial charge in [0.1, 0.15) is 0 Å². The van der Waals surface area contributed by atoms with E-state index in [2.05, 4.69) is 0 Å². The van der Waals surface area contributed by atoms with Crippen molar-refractivity contribution in [1.29, 1.82) is 0 Å². The van der Waals surface area contributed by atoms with Gasteiger partial charge in [0.25, 0.3) is 0 Å². The van der Waals surface area contributed by atoms with Crippen LogP contribution in [-0.4, -0.2) is 37.6 Å². The van der Waals surface area contributed by atoms with E-state index >= 15 is 0 Å². The Morgan fingerprint density at radius 2 is 1.42 bits per heavy atom. The second-order valence-corrected chi connectivity index (χ2v) is 5.79. The van der Waals surface area contributed by atoms with Crippen LogP contribution >= 0.6 is 7.60 Å². The Labute approximate surface area is 113 Å². The third-order valence-electron chi connectivity index (χ3n) is 1.89. The number of esters is 2. The summed E-state index contributed by atoms with van der Waals surface area (Å²) in [4.78, 5) is 21.7. The normalized spacial score (nSPS) is 11.4. The fourth-order valence-electron chi connectivity index (χ4n) is 1.34. The van der Waals surface area contributed by atoms with Gasteiger partial charge in [0.15, 0.2) is 0 Å². The minimum absolute atomic E-state index is 0.0000926. The Morgan fingerprint density at radius 3 is 1.74 bits per heavy atom. The van der Waals surface area contributed by atoms with Gasteiger partial charge in [0.05, 0.1) is 19.4 Å². The molecule has 0 saturated carbocycles. The summed E-state index contributed by atoms with van der Waals surface area (Å²) in [7, 11) is -3.24. The highest BCUT2D eigenvalue weighted by Gasteiger charge is 2.27. The molecule has 0 saturated heterocycles. The first-order valence-electron chi connectivity index (χ1n) is 6.05. The first kappa shape index (κ1) is 18.1. The molecular formula is C11H21O7P. The summed E-state index contributed by atoms with van der Waals surface area (Å²) in [6.45, 7) is 6.26. The monoisotopic (exact) mass is 296 g/mol. The maximum Gasteiger partial charge on any atom is 0.330 e. The quantitative estimate of drug-likeness (QED) is 0.365. The summed E-state index contributed by atoms with van der Waals surface area (Å²) < 4.78 is 31.9. The smallest absolute Gasteiger partial charge is 0.330 e. The summed E-state index contributed by atoms with van der Waals surface area (Å²) in [5.41, 5.74) is 0. The summed E-state index contributed by atoms with van der Waals surface area (Å²) in [6.07, 6.45) is -1.03. The SMILES string of the molecule is CCOP(=O)(CCC(OC(C)=O)OC(C)=O)OCC. The van der Waals surface area contributed by atoms with E-state index in [-0.39, 0.29) is 25.8 Å². The van der Waals surface area contributed by atoms with Crippen molar-refractivity contribution >= 4 is 19.5 Å². The molecule has 0 N–H and O–H groups in total. The van der Waals surface area contributed by atoms with Crippen LogP contribution in [0.5, 0.6) is 0 Å². The summed E-state index contributed by atoms with van der Waals surface area (Å²) in [5.74, 6) is -1.18. The lowest BCUT2D eigenvalue weighted by atomic mass is 10.4. The first-order chi connectivity index (χ1) is 8.83. The van der Waals surface area contributed by atoms with E-state index in [1.165, 1.54) is 13.8 Å². The van der Waals surface area contributed by atoms with Gasteiger partial charge in [0.2, 0.25) is 6.29 Å². The van der Waals surface area contributed by atoms with Gasteiger partial charge in [0, 0.05) is 20.3 Å². The van der Waals surface area contributed by atoms with E-state index < -0.39 is 25.8 Å². The van der Waals surface area contributed by atoms with Crippen LogP contribution in [0.2, 0.25) is 0 Å². The van der Waals surface area contributed by atoms with Crippen molar-refractivity contribution in [3.63, 3.8) is 0 Å². The lowest BCUT2D eigenvalue weighted by Crippen LogP contribution is -2.24. The van der Waals surface area contributed by atoms with Crippen LogP contribution in [0.15, 0.2) is 0 Å². The zero-order chi connectivity index (χ0) is 14.9. The molecule has 0 aliphatic rings. The molecule has 0 amide bonds. The largest absolute Gasteiger partial charge is 0.425 e. The Balaban J connectivity index is 4.52. The predicted octanol–water partition coefficient (Wildman–Crippen LogP) is 2.09. The van der Waals surface area contributed by atoms with Crippen molar-refractivity contribution < 1.29 is 32.7 Å². The van der Waals surface area contributed by atoms with E-state index in [0.29, 0.717) is 0 Å². The summed E-state index contributed by atoms with van der Waals surface area (Å²) >= 11 is 0. The van der Waals surface area contributed by atoms with E-state index in [4.69, 9.17) is 18.5 Å². The molecule has 112 valence electrons. The van der Waals surface area contributed by atoms with Crippen LogP contribution in [-0.2, 0) is 32.7 Å². The number of ether oxygens (including phenoxy) is 2. The highest BCUT2D eigenvalue weighted by atomic mass is 31.2. The molecule has 0 heterocycles. The van der Waals surface area contributed by atoms with Gasteiger partial charge in [-0.25, -0.2) is 0 Å². The second kappa shape index (κ2) is 9.07. The van der Waals surface area contributed by atoms with Crippen LogP contribution < -0.4 is 0 Å². The number of carbonyl (C=O) groups is 2. The maximum atomic E-state index is 12.2. The Hall–Kier alpha value is -0.910. The van der Waals surface area contributed by atoms with Gasteiger partial charge in [-0.2, -0.15) is 0 Å².